The molecule has 0 aliphatic rings. The Hall–Kier alpha value is -0.450. The second-order valence-corrected chi connectivity index (χ2v) is 5.15. The first kappa shape index (κ1) is 13.6. The van der Waals surface area contributed by atoms with Crippen LogP contribution in [0.3, 0.4) is 0 Å². The summed E-state index contributed by atoms with van der Waals surface area (Å²) in [5, 5.41) is 6.85. The van der Waals surface area contributed by atoms with Crippen LogP contribution >= 0.6 is 11.3 Å². The molecule has 1 rings (SSSR count). The fourth-order valence-electron chi connectivity index (χ4n) is 1.81. The first-order valence-electron chi connectivity index (χ1n) is 5.79. The molecule has 0 aliphatic heterocycles. The molecule has 0 spiro atoms. The van der Waals surface area contributed by atoms with Gasteiger partial charge in [0.15, 0.2) is 0 Å². The lowest BCUT2D eigenvalue weighted by Crippen LogP contribution is -2.41. The quantitative estimate of drug-likeness (QED) is 0.747. The minimum absolute atomic E-state index is 0.00773. The normalized spacial score (nSPS) is 15.0. The standard InChI is InChI=1S/C12H22N2OS/c1-5-6-12(3,13-7-8-15-4)11-14-10(2)9-16-11/h9,13H,5-8H2,1-4H3. The van der Waals surface area contributed by atoms with Crippen LogP contribution in [0, 0.1) is 6.92 Å². The fourth-order valence-corrected chi connectivity index (χ4v) is 2.77. The zero-order valence-corrected chi connectivity index (χ0v) is 11.5. The number of rotatable bonds is 7. The van der Waals surface area contributed by atoms with Gasteiger partial charge in [0.05, 0.1) is 12.1 Å². The minimum Gasteiger partial charge on any atom is -0.383 e. The number of nitrogens with zero attached hydrogens (tertiary/aromatic N) is 1. The van der Waals surface area contributed by atoms with Gasteiger partial charge in [-0.15, -0.1) is 11.3 Å². The summed E-state index contributed by atoms with van der Waals surface area (Å²) < 4.78 is 5.08. The van der Waals surface area contributed by atoms with Gasteiger partial charge in [-0.1, -0.05) is 13.3 Å². The number of nitrogens with one attached hydrogen (secondary N) is 1. The van der Waals surface area contributed by atoms with Crippen molar-refractivity contribution in [3.8, 4) is 0 Å². The Morgan fingerprint density at radius 3 is 2.81 bits per heavy atom. The number of aromatic nitrogens is 1. The number of hydrogen-bond donors (Lipinski definition) is 1. The molecular formula is C12H22N2OS. The average Bonchev–Trinajstić information content (AvgIpc) is 2.66. The predicted molar refractivity (Wildman–Crippen MR) is 69.0 cm³/mol. The van der Waals surface area contributed by atoms with Gasteiger partial charge >= 0.3 is 0 Å². The van der Waals surface area contributed by atoms with E-state index < -0.39 is 0 Å². The molecule has 1 unspecified atom stereocenters. The first-order valence-corrected chi connectivity index (χ1v) is 6.67. The molecule has 0 saturated carbocycles. The molecule has 4 heteroatoms. The molecule has 0 aromatic carbocycles. The maximum atomic E-state index is 5.08. The van der Waals surface area contributed by atoms with Crippen LogP contribution in [0.4, 0.5) is 0 Å². The van der Waals surface area contributed by atoms with E-state index in [1.807, 2.05) is 6.92 Å². The summed E-state index contributed by atoms with van der Waals surface area (Å²) in [5.74, 6) is 0. The van der Waals surface area contributed by atoms with Crippen LogP contribution in [0.25, 0.3) is 0 Å². The Labute approximate surface area is 102 Å². The highest BCUT2D eigenvalue weighted by Crippen LogP contribution is 2.28. The van der Waals surface area contributed by atoms with Crippen molar-refractivity contribution >= 4 is 11.3 Å². The minimum atomic E-state index is -0.00773. The SMILES string of the molecule is CCCC(C)(NCCOC)c1nc(C)cs1. The predicted octanol–water partition coefficient (Wildman–Crippen LogP) is 2.70. The zero-order valence-electron chi connectivity index (χ0n) is 10.7. The first-order chi connectivity index (χ1) is 7.62. The van der Waals surface area contributed by atoms with Crippen molar-refractivity contribution in [1.29, 1.82) is 0 Å². The molecule has 0 bridgehead atoms. The van der Waals surface area contributed by atoms with E-state index in [2.05, 4.69) is 29.5 Å². The van der Waals surface area contributed by atoms with Gasteiger partial charge in [0.25, 0.3) is 0 Å². The van der Waals surface area contributed by atoms with Gasteiger partial charge in [-0.05, 0) is 20.3 Å². The highest BCUT2D eigenvalue weighted by molar-refractivity contribution is 7.09. The maximum Gasteiger partial charge on any atom is 0.113 e. The zero-order chi connectivity index (χ0) is 12.0. The van der Waals surface area contributed by atoms with Gasteiger partial charge in [-0.2, -0.15) is 0 Å². The largest absolute Gasteiger partial charge is 0.383 e. The van der Waals surface area contributed by atoms with Crippen LogP contribution in [0.2, 0.25) is 0 Å². The highest BCUT2D eigenvalue weighted by Gasteiger charge is 2.27. The van der Waals surface area contributed by atoms with Crippen LogP contribution in [0.1, 0.15) is 37.4 Å². The number of thiazole rings is 1. The van der Waals surface area contributed by atoms with E-state index in [-0.39, 0.29) is 5.54 Å². The monoisotopic (exact) mass is 242 g/mol. The molecule has 0 amide bonds. The highest BCUT2D eigenvalue weighted by atomic mass is 32.1. The topological polar surface area (TPSA) is 34.1 Å². The fraction of sp³-hybridized carbons (Fsp3) is 0.750. The van der Waals surface area contributed by atoms with E-state index >= 15 is 0 Å². The van der Waals surface area contributed by atoms with Crippen molar-refractivity contribution in [3.05, 3.63) is 16.1 Å². The summed E-state index contributed by atoms with van der Waals surface area (Å²) in [4.78, 5) is 4.60. The molecule has 3 nitrogen and oxygen atoms in total. The van der Waals surface area contributed by atoms with Crippen molar-refractivity contribution in [2.75, 3.05) is 20.3 Å². The van der Waals surface area contributed by atoms with Crippen molar-refractivity contribution in [2.45, 2.75) is 39.2 Å². The molecule has 0 saturated heterocycles. The van der Waals surface area contributed by atoms with Crippen molar-refractivity contribution < 1.29 is 4.74 Å². The Morgan fingerprint density at radius 2 is 2.31 bits per heavy atom. The van der Waals surface area contributed by atoms with E-state index in [4.69, 9.17) is 4.74 Å². The molecular weight excluding hydrogens is 220 g/mol. The second kappa shape index (κ2) is 6.33. The smallest absolute Gasteiger partial charge is 0.113 e. The third-order valence-corrected chi connectivity index (χ3v) is 3.89. The van der Waals surface area contributed by atoms with Crippen LogP contribution in [-0.4, -0.2) is 25.2 Å². The molecule has 0 aliphatic carbocycles. The van der Waals surface area contributed by atoms with Crippen molar-refractivity contribution in [2.24, 2.45) is 0 Å². The average molecular weight is 242 g/mol. The summed E-state index contributed by atoms with van der Waals surface area (Å²) >= 11 is 1.74. The Morgan fingerprint density at radius 1 is 1.56 bits per heavy atom. The molecule has 1 heterocycles. The van der Waals surface area contributed by atoms with Crippen molar-refractivity contribution in [3.63, 3.8) is 0 Å². The van der Waals surface area contributed by atoms with Crippen LogP contribution in [-0.2, 0) is 10.3 Å². The Kier molecular flexibility index (Phi) is 5.38. The van der Waals surface area contributed by atoms with E-state index in [9.17, 15) is 0 Å². The van der Waals surface area contributed by atoms with E-state index in [1.54, 1.807) is 18.4 Å². The van der Waals surface area contributed by atoms with Crippen molar-refractivity contribution in [1.82, 2.24) is 10.3 Å². The summed E-state index contributed by atoms with van der Waals surface area (Å²) in [6.07, 6.45) is 2.25. The van der Waals surface area contributed by atoms with Gasteiger partial charge in [0.1, 0.15) is 5.01 Å². The van der Waals surface area contributed by atoms with E-state index in [0.717, 1.165) is 31.7 Å². The molecule has 1 N–H and O–H groups in total. The lowest BCUT2D eigenvalue weighted by atomic mass is 9.97. The Bertz CT molecular complexity index is 314. The second-order valence-electron chi connectivity index (χ2n) is 4.30. The van der Waals surface area contributed by atoms with E-state index in [0.29, 0.717) is 0 Å². The molecule has 0 radical (unpaired) electrons. The summed E-state index contributed by atoms with van der Waals surface area (Å²) in [6, 6.07) is 0. The number of hydrogen-bond acceptors (Lipinski definition) is 4. The number of methoxy groups -OCH3 is 1. The summed E-state index contributed by atoms with van der Waals surface area (Å²) in [7, 11) is 1.73. The third kappa shape index (κ3) is 3.54. The molecule has 1 atom stereocenters. The molecule has 0 fully saturated rings. The molecule has 92 valence electrons. The Balaban J connectivity index is 2.71. The molecule has 1 aromatic rings. The van der Waals surface area contributed by atoms with Gasteiger partial charge in [-0.25, -0.2) is 4.98 Å². The summed E-state index contributed by atoms with van der Waals surface area (Å²) in [5.41, 5.74) is 1.10. The van der Waals surface area contributed by atoms with Gasteiger partial charge in [0.2, 0.25) is 0 Å². The molecule has 1 aromatic heterocycles. The van der Waals surface area contributed by atoms with Crippen LogP contribution < -0.4 is 5.32 Å². The number of ether oxygens (including phenoxy) is 1. The van der Waals surface area contributed by atoms with Crippen LogP contribution in [0.5, 0.6) is 0 Å². The molecule has 16 heavy (non-hydrogen) atoms. The summed E-state index contributed by atoms with van der Waals surface area (Å²) in [6.45, 7) is 8.08. The lowest BCUT2D eigenvalue weighted by molar-refractivity contribution is 0.183. The third-order valence-electron chi connectivity index (χ3n) is 2.66. The maximum absolute atomic E-state index is 5.08. The van der Waals surface area contributed by atoms with Gasteiger partial charge in [-0.3, -0.25) is 0 Å². The van der Waals surface area contributed by atoms with Crippen LogP contribution in [0.15, 0.2) is 5.38 Å². The van der Waals surface area contributed by atoms with Gasteiger partial charge in [0, 0.05) is 24.7 Å². The lowest BCUT2D eigenvalue weighted by Gasteiger charge is -2.28. The number of aryl methyl sites for hydroxylation is 1. The van der Waals surface area contributed by atoms with E-state index in [1.165, 1.54) is 5.01 Å². The van der Waals surface area contributed by atoms with Gasteiger partial charge < -0.3 is 10.1 Å².